The summed E-state index contributed by atoms with van der Waals surface area (Å²) in [5.74, 6) is -0.279. The van der Waals surface area contributed by atoms with Gasteiger partial charge in [0.25, 0.3) is 0 Å². The van der Waals surface area contributed by atoms with Crippen LogP contribution < -0.4 is 5.32 Å². The van der Waals surface area contributed by atoms with Gasteiger partial charge in [0.2, 0.25) is 0 Å². The molecule has 0 radical (unpaired) electrons. The summed E-state index contributed by atoms with van der Waals surface area (Å²) in [6, 6.07) is 0.123. The smallest absolute Gasteiger partial charge is 0.309 e. The molecule has 3 atom stereocenters. The van der Waals surface area contributed by atoms with Crippen molar-refractivity contribution < 1.29 is 14.3 Å². The number of hydrogen-bond acceptors (Lipinski definition) is 4. The maximum Gasteiger partial charge on any atom is 0.309 e. The fourth-order valence-electron chi connectivity index (χ4n) is 1.85. The van der Waals surface area contributed by atoms with Gasteiger partial charge in [-0.1, -0.05) is 6.92 Å². The Morgan fingerprint density at radius 2 is 2.25 bits per heavy atom. The Morgan fingerprint density at radius 1 is 1.50 bits per heavy atom. The molecule has 0 saturated carbocycles. The van der Waals surface area contributed by atoms with E-state index in [4.69, 9.17) is 9.47 Å². The van der Waals surface area contributed by atoms with E-state index in [0.717, 1.165) is 19.6 Å². The zero-order valence-corrected chi connectivity index (χ0v) is 10.5. The van der Waals surface area contributed by atoms with Gasteiger partial charge in [-0.15, -0.1) is 0 Å². The van der Waals surface area contributed by atoms with Crippen LogP contribution in [0.1, 0.15) is 33.1 Å². The summed E-state index contributed by atoms with van der Waals surface area (Å²) in [4.78, 5) is 11.3. The average Bonchev–Trinajstić information content (AvgIpc) is 2.35. The Kier molecular flexibility index (Phi) is 5.77. The zero-order chi connectivity index (χ0) is 12.0. The van der Waals surface area contributed by atoms with Crippen LogP contribution in [0.2, 0.25) is 0 Å². The van der Waals surface area contributed by atoms with Crippen molar-refractivity contribution in [3.05, 3.63) is 0 Å². The molecule has 16 heavy (non-hydrogen) atoms. The molecule has 0 aromatic rings. The van der Waals surface area contributed by atoms with Gasteiger partial charge in [-0.05, 0) is 26.2 Å². The number of carbonyl (C=O) groups is 1. The van der Waals surface area contributed by atoms with Crippen LogP contribution in [0.25, 0.3) is 0 Å². The first-order valence-corrected chi connectivity index (χ1v) is 6.08. The second kappa shape index (κ2) is 6.86. The lowest BCUT2D eigenvalue weighted by molar-refractivity contribution is -0.145. The summed E-state index contributed by atoms with van der Waals surface area (Å²) < 4.78 is 10.3. The predicted molar refractivity (Wildman–Crippen MR) is 62.2 cm³/mol. The Bertz CT molecular complexity index is 214. The van der Waals surface area contributed by atoms with E-state index in [-0.39, 0.29) is 17.9 Å². The molecule has 1 aliphatic heterocycles. The quantitative estimate of drug-likeness (QED) is 0.723. The van der Waals surface area contributed by atoms with Gasteiger partial charge >= 0.3 is 5.97 Å². The van der Waals surface area contributed by atoms with Gasteiger partial charge in [-0.3, -0.25) is 4.79 Å². The Labute approximate surface area is 97.7 Å². The minimum atomic E-state index is -0.162. The highest BCUT2D eigenvalue weighted by Crippen LogP contribution is 2.12. The van der Waals surface area contributed by atoms with Crippen molar-refractivity contribution in [1.82, 2.24) is 5.32 Å². The molecule has 1 saturated heterocycles. The Balaban J connectivity index is 2.22. The number of nitrogens with one attached hydrogen (secondary N) is 1. The molecule has 1 fully saturated rings. The molecule has 0 amide bonds. The maximum atomic E-state index is 11.3. The van der Waals surface area contributed by atoms with Crippen LogP contribution in [0.5, 0.6) is 0 Å². The second-order valence-corrected chi connectivity index (χ2v) is 4.50. The highest BCUT2D eigenvalue weighted by atomic mass is 16.5. The fourth-order valence-corrected chi connectivity index (χ4v) is 1.85. The van der Waals surface area contributed by atoms with E-state index in [9.17, 15) is 4.79 Å². The van der Waals surface area contributed by atoms with Crippen LogP contribution in [-0.2, 0) is 14.3 Å². The SMILES string of the molecule is COC(=O)C(C)C(C)NCC1CCCCO1. The second-order valence-electron chi connectivity index (χ2n) is 4.50. The van der Waals surface area contributed by atoms with Crippen molar-refractivity contribution >= 4 is 5.97 Å². The minimum absolute atomic E-state index is 0.117. The van der Waals surface area contributed by atoms with E-state index in [2.05, 4.69) is 5.32 Å². The van der Waals surface area contributed by atoms with Gasteiger partial charge in [0.1, 0.15) is 0 Å². The number of esters is 1. The van der Waals surface area contributed by atoms with Crippen LogP contribution in [0.4, 0.5) is 0 Å². The van der Waals surface area contributed by atoms with Gasteiger partial charge in [-0.25, -0.2) is 0 Å². The third kappa shape index (κ3) is 4.10. The maximum absolute atomic E-state index is 11.3. The van der Waals surface area contributed by atoms with E-state index in [1.54, 1.807) is 0 Å². The fraction of sp³-hybridized carbons (Fsp3) is 0.917. The first-order valence-electron chi connectivity index (χ1n) is 6.08. The molecule has 94 valence electrons. The topological polar surface area (TPSA) is 47.6 Å². The van der Waals surface area contributed by atoms with Crippen molar-refractivity contribution in [2.24, 2.45) is 5.92 Å². The molecule has 0 aromatic heterocycles. The van der Waals surface area contributed by atoms with Gasteiger partial charge in [-0.2, -0.15) is 0 Å². The molecule has 1 aliphatic rings. The average molecular weight is 229 g/mol. The summed E-state index contributed by atoms with van der Waals surface area (Å²) in [6.45, 7) is 5.57. The number of carbonyl (C=O) groups excluding carboxylic acids is 1. The molecular formula is C12H23NO3. The van der Waals surface area contributed by atoms with E-state index >= 15 is 0 Å². The molecule has 0 spiro atoms. The van der Waals surface area contributed by atoms with E-state index < -0.39 is 0 Å². The third-order valence-electron chi connectivity index (χ3n) is 3.26. The summed E-state index contributed by atoms with van der Waals surface area (Å²) in [5.41, 5.74) is 0. The predicted octanol–water partition coefficient (Wildman–Crippen LogP) is 1.34. The molecule has 0 bridgehead atoms. The van der Waals surface area contributed by atoms with Gasteiger partial charge in [0.05, 0.1) is 19.1 Å². The van der Waals surface area contributed by atoms with Crippen molar-refractivity contribution in [3.63, 3.8) is 0 Å². The first-order chi connectivity index (χ1) is 7.65. The minimum Gasteiger partial charge on any atom is -0.469 e. The lowest BCUT2D eigenvalue weighted by Crippen LogP contribution is -2.42. The molecule has 1 rings (SSSR count). The Hall–Kier alpha value is -0.610. The number of methoxy groups -OCH3 is 1. The first kappa shape index (κ1) is 13.5. The van der Waals surface area contributed by atoms with Crippen molar-refractivity contribution in [2.75, 3.05) is 20.3 Å². The number of rotatable bonds is 5. The summed E-state index contributed by atoms with van der Waals surface area (Å²) >= 11 is 0. The van der Waals surface area contributed by atoms with Crippen LogP contribution in [0, 0.1) is 5.92 Å². The number of ether oxygens (including phenoxy) is 2. The largest absolute Gasteiger partial charge is 0.469 e. The molecule has 0 aromatic carbocycles. The summed E-state index contributed by atoms with van der Waals surface area (Å²) in [5, 5.41) is 3.34. The van der Waals surface area contributed by atoms with E-state index in [1.807, 2.05) is 13.8 Å². The molecular weight excluding hydrogens is 206 g/mol. The highest BCUT2D eigenvalue weighted by molar-refractivity contribution is 5.72. The summed E-state index contributed by atoms with van der Waals surface area (Å²) in [7, 11) is 1.43. The molecule has 4 nitrogen and oxygen atoms in total. The van der Waals surface area contributed by atoms with Crippen molar-refractivity contribution in [2.45, 2.75) is 45.3 Å². The standard InChI is InChI=1S/C12H23NO3/c1-9(12(14)15-3)10(2)13-8-11-6-4-5-7-16-11/h9-11,13H,4-8H2,1-3H3. The van der Waals surface area contributed by atoms with Gasteiger partial charge in [0, 0.05) is 19.2 Å². The lowest BCUT2D eigenvalue weighted by Gasteiger charge is -2.26. The lowest BCUT2D eigenvalue weighted by atomic mass is 10.0. The third-order valence-corrected chi connectivity index (χ3v) is 3.26. The molecule has 3 unspecified atom stereocenters. The van der Waals surface area contributed by atoms with Crippen molar-refractivity contribution in [1.29, 1.82) is 0 Å². The van der Waals surface area contributed by atoms with Crippen LogP contribution in [0.15, 0.2) is 0 Å². The van der Waals surface area contributed by atoms with Gasteiger partial charge < -0.3 is 14.8 Å². The van der Waals surface area contributed by atoms with Crippen LogP contribution >= 0.6 is 0 Å². The number of hydrogen-bond donors (Lipinski definition) is 1. The Morgan fingerprint density at radius 3 is 2.81 bits per heavy atom. The zero-order valence-electron chi connectivity index (χ0n) is 10.5. The van der Waals surface area contributed by atoms with Gasteiger partial charge in [0.15, 0.2) is 0 Å². The monoisotopic (exact) mass is 229 g/mol. The normalized spacial score (nSPS) is 24.8. The van der Waals surface area contributed by atoms with Crippen molar-refractivity contribution in [3.8, 4) is 0 Å². The molecule has 0 aliphatic carbocycles. The van der Waals surface area contributed by atoms with Crippen LogP contribution in [-0.4, -0.2) is 38.4 Å². The molecule has 1 N–H and O–H groups in total. The molecule has 4 heteroatoms. The molecule has 1 heterocycles. The summed E-state index contributed by atoms with van der Waals surface area (Å²) in [6.07, 6.45) is 3.84. The van der Waals surface area contributed by atoms with E-state index in [0.29, 0.717) is 6.10 Å². The van der Waals surface area contributed by atoms with Crippen LogP contribution in [0.3, 0.4) is 0 Å². The highest BCUT2D eigenvalue weighted by Gasteiger charge is 2.22. The van der Waals surface area contributed by atoms with E-state index in [1.165, 1.54) is 20.0 Å².